The normalized spacial score (nSPS) is 11.7. The van der Waals surface area contributed by atoms with Gasteiger partial charge in [-0.1, -0.05) is 41.9 Å². The first-order chi connectivity index (χ1) is 10.9. The van der Waals surface area contributed by atoms with Crippen LogP contribution in [-0.4, -0.2) is 11.3 Å². The number of pyridine rings is 1. The molecule has 0 spiro atoms. The third-order valence-electron chi connectivity index (χ3n) is 3.28. The van der Waals surface area contributed by atoms with Crippen LogP contribution in [0.25, 0.3) is 10.9 Å². The number of fused-ring (bicyclic) bond motifs is 1. The maximum atomic E-state index is 12.5. The molecule has 0 N–H and O–H groups in total. The lowest BCUT2D eigenvalue weighted by atomic mass is 10.1. The Bertz CT molecular complexity index is 849. The van der Waals surface area contributed by atoms with E-state index in [2.05, 4.69) is 9.72 Å². The SMILES string of the molecule is FC(F)(F)Oc1cc(Cl)ccc1Cc1ccc2ccccc2n1. The Morgan fingerprint density at radius 2 is 1.78 bits per heavy atom. The van der Waals surface area contributed by atoms with Crippen molar-refractivity contribution in [2.75, 3.05) is 0 Å². The monoisotopic (exact) mass is 337 g/mol. The van der Waals surface area contributed by atoms with E-state index in [1.807, 2.05) is 30.3 Å². The Kier molecular flexibility index (Phi) is 4.13. The molecule has 3 aromatic rings. The van der Waals surface area contributed by atoms with Gasteiger partial charge in [-0.2, -0.15) is 0 Å². The van der Waals surface area contributed by atoms with Crippen LogP contribution in [-0.2, 0) is 6.42 Å². The molecule has 0 aliphatic rings. The molecule has 0 radical (unpaired) electrons. The molecule has 0 fully saturated rings. The summed E-state index contributed by atoms with van der Waals surface area (Å²) in [6, 6.07) is 15.4. The quantitative estimate of drug-likeness (QED) is 0.640. The zero-order valence-electron chi connectivity index (χ0n) is 11.8. The van der Waals surface area contributed by atoms with Crippen LogP contribution in [0, 0.1) is 0 Å². The van der Waals surface area contributed by atoms with Gasteiger partial charge in [-0.3, -0.25) is 4.98 Å². The third kappa shape index (κ3) is 3.93. The zero-order valence-corrected chi connectivity index (χ0v) is 12.5. The number of halogens is 4. The van der Waals surface area contributed by atoms with Crippen molar-refractivity contribution < 1.29 is 17.9 Å². The second-order valence-electron chi connectivity index (χ2n) is 4.97. The summed E-state index contributed by atoms with van der Waals surface area (Å²) in [5.41, 5.74) is 1.81. The van der Waals surface area contributed by atoms with Gasteiger partial charge in [0.1, 0.15) is 5.75 Å². The standard InChI is InChI=1S/C17H11ClF3NO/c18-13-7-5-12(16(10-13)23-17(19,20)21)9-14-8-6-11-3-1-2-4-15(11)22-14/h1-8,10H,9H2. The lowest BCUT2D eigenvalue weighted by Crippen LogP contribution is -2.18. The highest BCUT2D eigenvalue weighted by molar-refractivity contribution is 6.30. The predicted octanol–water partition coefficient (Wildman–Crippen LogP) is 5.38. The van der Waals surface area contributed by atoms with Crippen LogP contribution in [0.3, 0.4) is 0 Å². The minimum Gasteiger partial charge on any atom is -0.405 e. The van der Waals surface area contributed by atoms with Crippen molar-refractivity contribution in [2.24, 2.45) is 0 Å². The zero-order chi connectivity index (χ0) is 16.4. The molecule has 0 aliphatic heterocycles. The number of nitrogens with zero attached hydrogens (tertiary/aromatic N) is 1. The van der Waals surface area contributed by atoms with Gasteiger partial charge in [0, 0.05) is 28.1 Å². The maximum absolute atomic E-state index is 12.5. The summed E-state index contributed by atoms with van der Waals surface area (Å²) in [6.07, 6.45) is -4.55. The van der Waals surface area contributed by atoms with E-state index in [0.717, 1.165) is 17.0 Å². The van der Waals surface area contributed by atoms with E-state index in [-0.39, 0.29) is 17.2 Å². The number of hydrogen-bond donors (Lipinski definition) is 0. The van der Waals surface area contributed by atoms with Crippen molar-refractivity contribution in [3.8, 4) is 5.75 Å². The van der Waals surface area contributed by atoms with Gasteiger partial charge in [0.05, 0.1) is 5.52 Å². The van der Waals surface area contributed by atoms with Gasteiger partial charge in [0.15, 0.2) is 0 Å². The van der Waals surface area contributed by atoms with Gasteiger partial charge in [0.2, 0.25) is 0 Å². The topological polar surface area (TPSA) is 22.1 Å². The highest BCUT2D eigenvalue weighted by atomic mass is 35.5. The van der Waals surface area contributed by atoms with Crippen molar-refractivity contribution in [1.82, 2.24) is 4.98 Å². The molecule has 1 aromatic heterocycles. The van der Waals surface area contributed by atoms with Crippen LogP contribution in [0.15, 0.2) is 54.6 Å². The van der Waals surface area contributed by atoms with E-state index >= 15 is 0 Å². The largest absolute Gasteiger partial charge is 0.573 e. The lowest BCUT2D eigenvalue weighted by molar-refractivity contribution is -0.274. The first-order valence-corrected chi connectivity index (χ1v) is 7.17. The molecule has 3 rings (SSSR count). The smallest absolute Gasteiger partial charge is 0.405 e. The molecule has 2 aromatic carbocycles. The van der Waals surface area contributed by atoms with Crippen molar-refractivity contribution >= 4 is 22.5 Å². The lowest BCUT2D eigenvalue weighted by Gasteiger charge is -2.13. The summed E-state index contributed by atoms with van der Waals surface area (Å²) in [4.78, 5) is 4.46. The molecule has 118 valence electrons. The Hall–Kier alpha value is -2.27. The highest BCUT2D eigenvalue weighted by Gasteiger charge is 2.32. The average molecular weight is 338 g/mol. The molecule has 6 heteroatoms. The number of hydrogen-bond acceptors (Lipinski definition) is 2. The summed E-state index contributed by atoms with van der Waals surface area (Å²) in [7, 11) is 0. The van der Waals surface area contributed by atoms with Gasteiger partial charge in [-0.15, -0.1) is 13.2 Å². The molecule has 0 saturated heterocycles. The van der Waals surface area contributed by atoms with Gasteiger partial charge in [0.25, 0.3) is 0 Å². The van der Waals surface area contributed by atoms with Crippen molar-refractivity contribution in [2.45, 2.75) is 12.8 Å². The fourth-order valence-electron chi connectivity index (χ4n) is 2.30. The number of rotatable bonds is 3. The van der Waals surface area contributed by atoms with E-state index in [1.54, 1.807) is 6.07 Å². The van der Waals surface area contributed by atoms with Crippen LogP contribution in [0.1, 0.15) is 11.3 Å². The molecule has 23 heavy (non-hydrogen) atoms. The van der Waals surface area contributed by atoms with E-state index in [0.29, 0.717) is 11.3 Å². The van der Waals surface area contributed by atoms with Crippen molar-refractivity contribution in [1.29, 1.82) is 0 Å². The van der Waals surface area contributed by atoms with Gasteiger partial charge in [-0.05, 0) is 24.3 Å². The molecule has 2 nitrogen and oxygen atoms in total. The summed E-state index contributed by atoms with van der Waals surface area (Å²) in [5.74, 6) is -0.306. The minimum absolute atomic E-state index is 0.180. The van der Waals surface area contributed by atoms with Crippen LogP contribution >= 0.6 is 11.6 Å². The fourth-order valence-corrected chi connectivity index (χ4v) is 2.46. The number of benzene rings is 2. The van der Waals surface area contributed by atoms with Crippen LogP contribution in [0.2, 0.25) is 5.02 Å². The summed E-state index contributed by atoms with van der Waals surface area (Å²) in [5, 5.41) is 1.15. The molecular formula is C17H11ClF3NO. The van der Waals surface area contributed by atoms with E-state index in [9.17, 15) is 13.2 Å². The molecule has 0 amide bonds. The van der Waals surface area contributed by atoms with Crippen LogP contribution in [0.4, 0.5) is 13.2 Å². The first-order valence-electron chi connectivity index (χ1n) is 6.79. The predicted molar refractivity (Wildman–Crippen MR) is 82.7 cm³/mol. The molecule has 0 atom stereocenters. The first kappa shape index (κ1) is 15.6. The Balaban J connectivity index is 1.94. The summed E-state index contributed by atoms with van der Waals surface area (Å²) >= 11 is 5.76. The number of ether oxygens (including phenoxy) is 1. The molecular weight excluding hydrogens is 327 g/mol. The van der Waals surface area contributed by atoms with Gasteiger partial charge in [-0.25, -0.2) is 0 Å². The Labute approximate surface area is 135 Å². The minimum atomic E-state index is -4.77. The Morgan fingerprint density at radius 3 is 2.57 bits per heavy atom. The van der Waals surface area contributed by atoms with Gasteiger partial charge < -0.3 is 4.74 Å². The molecule has 0 unspecified atom stereocenters. The summed E-state index contributed by atoms with van der Waals surface area (Å²) in [6.45, 7) is 0. The van der Waals surface area contributed by atoms with E-state index < -0.39 is 6.36 Å². The molecule has 1 heterocycles. The second kappa shape index (κ2) is 6.08. The number of aromatic nitrogens is 1. The Morgan fingerprint density at radius 1 is 1.00 bits per heavy atom. The fraction of sp³-hybridized carbons (Fsp3) is 0.118. The second-order valence-corrected chi connectivity index (χ2v) is 5.41. The summed E-state index contributed by atoms with van der Waals surface area (Å²) < 4.78 is 41.6. The van der Waals surface area contributed by atoms with Crippen LogP contribution < -0.4 is 4.74 Å². The maximum Gasteiger partial charge on any atom is 0.573 e. The van der Waals surface area contributed by atoms with Crippen molar-refractivity contribution in [3.05, 3.63) is 70.9 Å². The third-order valence-corrected chi connectivity index (χ3v) is 3.52. The molecule has 0 bridgehead atoms. The number of alkyl halides is 3. The van der Waals surface area contributed by atoms with Crippen LogP contribution in [0.5, 0.6) is 5.75 Å². The van der Waals surface area contributed by atoms with E-state index in [1.165, 1.54) is 12.1 Å². The van der Waals surface area contributed by atoms with Crippen molar-refractivity contribution in [3.63, 3.8) is 0 Å². The van der Waals surface area contributed by atoms with Gasteiger partial charge >= 0.3 is 6.36 Å². The highest BCUT2D eigenvalue weighted by Crippen LogP contribution is 2.30. The average Bonchev–Trinajstić information content (AvgIpc) is 2.48. The van der Waals surface area contributed by atoms with E-state index in [4.69, 9.17) is 11.6 Å². The molecule has 0 aliphatic carbocycles. The number of para-hydroxylation sites is 1. The molecule has 0 saturated carbocycles.